The number of nitrogens with one attached hydrogen (secondary N) is 1. The van der Waals surface area contributed by atoms with Gasteiger partial charge in [0, 0.05) is 25.8 Å². The number of benzene rings is 1. The minimum absolute atomic E-state index is 0.0427. The molecule has 5 heteroatoms. The van der Waals surface area contributed by atoms with Crippen LogP contribution in [0.1, 0.15) is 36.8 Å². The number of aromatic nitrogens is 1. The lowest BCUT2D eigenvalue weighted by atomic mass is 9.96. The van der Waals surface area contributed by atoms with Crippen molar-refractivity contribution in [3.05, 3.63) is 53.7 Å². The summed E-state index contributed by atoms with van der Waals surface area (Å²) in [5.74, 6) is 1.85. The van der Waals surface area contributed by atoms with Crippen LogP contribution in [0.25, 0.3) is 0 Å². The van der Waals surface area contributed by atoms with Gasteiger partial charge >= 0.3 is 0 Å². The quantitative estimate of drug-likeness (QED) is 0.903. The van der Waals surface area contributed by atoms with Gasteiger partial charge in [0.25, 0.3) is 0 Å². The van der Waals surface area contributed by atoms with E-state index in [2.05, 4.69) is 27.3 Å². The highest BCUT2D eigenvalue weighted by Crippen LogP contribution is 2.26. The molecule has 1 aromatic heterocycles. The van der Waals surface area contributed by atoms with E-state index in [1.165, 1.54) is 25.7 Å². The Bertz CT molecular complexity index is 767. The average Bonchev–Trinajstić information content (AvgIpc) is 3.01. The molecule has 1 amide bonds. The Morgan fingerprint density at radius 2 is 1.93 bits per heavy atom. The fraction of sp³-hybridized carbons (Fsp3) is 0.455. The molecule has 1 saturated heterocycles. The first kappa shape index (κ1) is 17.8. The van der Waals surface area contributed by atoms with Gasteiger partial charge in [-0.2, -0.15) is 0 Å². The van der Waals surface area contributed by atoms with E-state index in [-0.39, 0.29) is 11.8 Å². The molecule has 1 aromatic carbocycles. The minimum atomic E-state index is -0.135. The fourth-order valence-electron chi connectivity index (χ4n) is 3.84. The zero-order chi connectivity index (χ0) is 18.5. The van der Waals surface area contributed by atoms with E-state index < -0.39 is 0 Å². The van der Waals surface area contributed by atoms with Crippen molar-refractivity contribution in [2.45, 2.75) is 38.6 Å². The minimum Gasteiger partial charge on any atom is -0.492 e. The van der Waals surface area contributed by atoms with Crippen LogP contribution in [0.3, 0.4) is 0 Å². The van der Waals surface area contributed by atoms with Gasteiger partial charge in [-0.3, -0.25) is 4.79 Å². The maximum atomic E-state index is 12.5. The summed E-state index contributed by atoms with van der Waals surface area (Å²) in [5, 5.41) is 3.04. The third kappa shape index (κ3) is 4.41. The summed E-state index contributed by atoms with van der Waals surface area (Å²) in [5.41, 5.74) is 2.13. The SMILES string of the molecule is O=C(NCc1ccc(N2CCCCCC2)nc1)[C@H]1COc2ccccc2C1. The maximum absolute atomic E-state index is 12.5. The highest BCUT2D eigenvalue weighted by atomic mass is 16.5. The van der Waals surface area contributed by atoms with Crippen molar-refractivity contribution in [2.24, 2.45) is 5.92 Å². The Kier molecular flexibility index (Phi) is 5.56. The molecule has 27 heavy (non-hydrogen) atoms. The van der Waals surface area contributed by atoms with Gasteiger partial charge in [-0.25, -0.2) is 4.98 Å². The Morgan fingerprint density at radius 3 is 2.70 bits per heavy atom. The van der Waals surface area contributed by atoms with Crippen LogP contribution in [0.15, 0.2) is 42.6 Å². The van der Waals surface area contributed by atoms with Crippen LogP contribution in [0.2, 0.25) is 0 Å². The lowest BCUT2D eigenvalue weighted by Crippen LogP contribution is -2.37. The Labute approximate surface area is 160 Å². The van der Waals surface area contributed by atoms with Crippen molar-refractivity contribution in [1.29, 1.82) is 0 Å². The first-order valence-corrected chi connectivity index (χ1v) is 9.98. The van der Waals surface area contributed by atoms with Crippen LogP contribution >= 0.6 is 0 Å². The molecule has 0 aliphatic carbocycles. The molecule has 5 nitrogen and oxygen atoms in total. The molecule has 1 atom stereocenters. The summed E-state index contributed by atoms with van der Waals surface area (Å²) in [6.45, 7) is 3.12. The molecule has 1 fully saturated rings. The molecule has 2 aromatic rings. The molecule has 0 radical (unpaired) electrons. The molecule has 3 heterocycles. The first-order chi connectivity index (χ1) is 13.3. The Hall–Kier alpha value is -2.56. The number of hydrogen-bond donors (Lipinski definition) is 1. The zero-order valence-corrected chi connectivity index (χ0v) is 15.7. The third-order valence-corrected chi connectivity index (χ3v) is 5.46. The number of hydrogen-bond acceptors (Lipinski definition) is 4. The lowest BCUT2D eigenvalue weighted by Gasteiger charge is -2.24. The second kappa shape index (κ2) is 8.42. The normalized spacial score (nSPS) is 19.6. The third-order valence-electron chi connectivity index (χ3n) is 5.46. The number of amides is 1. The molecular weight excluding hydrogens is 338 g/mol. The number of fused-ring (bicyclic) bond motifs is 1. The number of rotatable bonds is 4. The van der Waals surface area contributed by atoms with E-state index in [0.29, 0.717) is 13.2 Å². The van der Waals surface area contributed by atoms with Gasteiger partial charge in [-0.15, -0.1) is 0 Å². The van der Waals surface area contributed by atoms with Crippen LogP contribution < -0.4 is 15.0 Å². The Morgan fingerprint density at radius 1 is 1.11 bits per heavy atom. The highest BCUT2D eigenvalue weighted by molar-refractivity contribution is 5.79. The molecule has 0 unspecified atom stereocenters. The topological polar surface area (TPSA) is 54.5 Å². The van der Waals surface area contributed by atoms with Crippen molar-refractivity contribution in [1.82, 2.24) is 10.3 Å². The molecule has 2 aliphatic rings. The number of carbonyl (C=O) groups is 1. The predicted molar refractivity (Wildman–Crippen MR) is 106 cm³/mol. The van der Waals surface area contributed by atoms with Gasteiger partial charge in [0.05, 0.1) is 5.92 Å². The summed E-state index contributed by atoms with van der Waals surface area (Å²) in [4.78, 5) is 19.5. The summed E-state index contributed by atoms with van der Waals surface area (Å²) in [7, 11) is 0. The molecule has 2 aliphatic heterocycles. The monoisotopic (exact) mass is 365 g/mol. The predicted octanol–water partition coefficient (Wildman–Crippen LogP) is 3.33. The van der Waals surface area contributed by atoms with Crippen LogP contribution in [0.4, 0.5) is 5.82 Å². The van der Waals surface area contributed by atoms with Crippen molar-refractivity contribution < 1.29 is 9.53 Å². The van der Waals surface area contributed by atoms with Crippen LogP contribution in [-0.2, 0) is 17.8 Å². The van der Waals surface area contributed by atoms with E-state index >= 15 is 0 Å². The first-order valence-electron chi connectivity index (χ1n) is 9.98. The number of para-hydroxylation sites is 1. The molecule has 1 N–H and O–H groups in total. The number of ether oxygens (including phenoxy) is 1. The molecule has 0 spiro atoms. The Balaban J connectivity index is 1.30. The lowest BCUT2D eigenvalue weighted by molar-refractivity contribution is -0.126. The molecule has 4 rings (SSSR count). The second-order valence-electron chi connectivity index (χ2n) is 7.46. The highest BCUT2D eigenvalue weighted by Gasteiger charge is 2.25. The standard InChI is InChI=1S/C22H27N3O2/c26-22(19-13-18-7-3-4-8-20(18)27-16-19)24-15-17-9-10-21(23-14-17)25-11-5-1-2-6-12-25/h3-4,7-10,14,19H,1-2,5-6,11-13,15-16H2,(H,24,26)/t19-/m1/s1. The van der Waals surface area contributed by atoms with Gasteiger partial charge in [0.15, 0.2) is 0 Å². The maximum Gasteiger partial charge on any atom is 0.227 e. The van der Waals surface area contributed by atoms with Gasteiger partial charge in [0.1, 0.15) is 18.2 Å². The second-order valence-corrected chi connectivity index (χ2v) is 7.46. The number of carbonyl (C=O) groups excluding carboxylic acids is 1. The molecule has 0 bridgehead atoms. The van der Waals surface area contributed by atoms with E-state index in [9.17, 15) is 4.79 Å². The number of nitrogens with zero attached hydrogens (tertiary/aromatic N) is 2. The van der Waals surface area contributed by atoms with Gasteiger partial charge in [-0.05, 0) is 42.5 Å². The smallest absolute Gasteiger partial charge is 0.227 e. The molecule has 0 saturated carbocycles. The van der Waals surface area contributed by atoms with Crippen LogP contribution in [-0.4, -0.2) is 30.6 Å². The number of pyridine rings is 1. The van der Waals surface area contributed by atoms with Gasteiger partial charge < -0.3 is 15.0 Å². The zero-order valence-electron chi connectivity index (χ0n) is 15.7. The average molecular weight is 365 g/mol. The summed E-state index contributed by atoms with van der Waals surface area (Å²) < 4.78 is 5.72. The fourth-order valence-corrected chi connectivity index (χ4v) is 3.84. The van der Waals surface area contributed by atoms with Crippen molar-refractivity contribution in [3.63, 3.8) is 0 Å². The summed E-state index contributed by atoms with van der Waals surface area (Å²) in [6.07, 6.45) is 7.73. The van der Waals surface area contributed by atoms with Crippen molar-refractivity contribution in [2.75, 3.05) is 24.6 Å². The van der Waals surface area contributed by atoms with E-state index in [4.69, 9.17) is 4.74 Å². The largest absolute Gasteiger partial charge is 0.492 e. The summed E-state index contributed by atoms with van der Waals surface area (Å²) in [6, 6.07) is 12.1. The van der Waals surface area contributed by atoms with E-state index in [1.807, 2.05) is 30.5 Å². The van der Waals surface area contributed by atoms with Crippen molar-refractivity contribution in [3.8, 4) is 5.75 Å². The number of anilines is 1. The van der Waals surface area contributed by atoms with Crippen LogP contribution in [0.5, 0.6) is 5.75 Å². The molecular formula is C22H27N3O2. The summed E-state index contributed by atoms with van der Waals surface area (Å²) >= 11 is 0. The van der Waals surface area contributed by atoms with Crippen molar-refractivity contribution >= 4 is 11.7 Å². The molecule has 142 valence electrons. The van der Waals surface area contributed by atoms with E-state index in [0.717, 1.165) is 42.2 Å². The van der Waals surface area contributed by atoms with Gasteiger partial charge in [-0.1, -0.05) is 37.1 Å². The van der Waals surface area contributed by atoms with Crippen LogP contribution in [0, 0.1) is 5.92 Å². The van der Waals surface area contributed by atoms with E-state index in [1.54, 1.807) is 0 Å². The van der Waals surface area contributed by atoms with Gasteiger partial charge in [0.2, 0.25) is 5.91 Å².